The second kappa shape index (κ2) is 5.54. The molecule has 0 saturated heterocycles. The largest absolute Gasteiger partial charge is 0.495 e. The Labute approximate surface area is 135 Å². The summed E-state index contributed by atoms with van der Waals surface area (Å²) in [6.45, 7) is 3.57. The SMILES string of the molecule is COc1cccc2c1N(Cc1ccccc1)C(=O)C2(C)C(C)=O. The van der Waals surface area contributed by atoms with Crippen LogP contribution < -0.4 is 9.64 Å². The molecule has 3 rings (SSSR count). The van der Waals surface area contributed by atoms with Crippen molar-refractivity contribution < 1.29 is 14.3 Å². The van der Waals surface area contributed by atoms with E-state index in [0.717, 1.165) is 5.56 Å². The van der Waals surface area contributed by atoms with Gasteiger partial charge in [0.05, 0.1) is 19.3 Å². The molecule has 4 nitrogen and oxygen atoms in total. The number of hydrogen-bond acceptors (Lipinski definition) is 3. The number of rotatable bonds is 4. The van der Waals surface area contributed by atoms with Gasteiger partial charge in [0, 0.05) is 5.56 Å². The van der Waals surface area contributed by atoms with Gasteiger partial charge in [-0.25, -0.2) is 0 Å². The highest BCUT2D eigenvalue weighted by molar-refractivity contribution is 6.22. The molecule has 118 valence electrons. The van der Waals surface area contributed by atoms with Crippen LogP contribution in [0.15, 0.2) is 48.5 Å². The van der Waals surface area contributed by atoms with Gasteiger partial charge in [0.15, 0.2) is 0 Å². The van der Waals surface area contributed by atoms with Crippen LogP contribution >= 0.6 is 0 Å². The lowest BCUT2D eigenvalue weighted by Gasteiger charge is -2.22. The first kappa shape index (κ1) is 15.3. The van der Waals surface area contributed by atoms with E-state index < -0.39 is 5.41 Å². The smallest absolute Gasteiger partial charge is 0.245 e. The van der Waals surface area contributed by atoms with Crippen molar-refractivity contribution in [3.63, 3.8) is 0 Å². The third kappa shape index (κ3) is 2.22. The van der Waals surface area contributed by atoms with Crippen LogP contribution in [0.1, 0.15) is 25.0 Å². The molecule has 1 aliphatic rings. The highest BCUT2D eigenvalue weighted by Crippen LogP contribution is 2.47. The predicted octanol–water partition coefficient (Wildman–Crippen LogP) is 3.09. The Morgan fingerprint density at radius 3 is 2.43 bits per heavy atom. The number of nitrogens with zero attached hydrogens (tertiary/aromatic N) is 1. The molecule has 1 heterocycles. The minimum Gasteiger partial charge on any atom is -0.495 e. The predicted molar refractivity (Wildman–Crippen MR) is 88.7 cm³/mol. The minimum absolute atomic E-state index is 0.160. The number of para-hydroxylation sites is 1. The van der Waals surface area contributed by atoms with Gasteiger partial charge in [0.1, 0.15) is 16.9 Å². The first-order valence-corrected chi connectivity index (χ1v) is 7.54. The number of ether oxygens (including phenoxy) is 1. The third-order valence-corrected chi connectivity index (χ3v) is 4.59. The van der Waals surface area contributed by atoms with Crippen LogP contribution in [-0.2, 0) is 21.5 Å². The van der Waals surface area contributed by atoms with Gasteiger partial charge in [-0.2, -0.15) is 0 Å². The van der Waals surface area contributed by atoms with Gasteiger partial charge in [-0.1, -0.05) is 42.5 Å². The van der Waals surface area contributed by atoms with Gasteiger partial charge < -0.3 is 9.64 Å². The number of anilines is 1. The van der Waals surface area contributed by atoms with Crippen molar-refractivity contribution in [1.29, 1.82) is 0 Å². The van der Waals surface area contributed by atoms with Crippen molar-refractivity contribution in [3.8, 4) is 5.75 Å². The van der Waals surface area contributed by atoms with E-state index in [-0.39, 0.29) is 11.7 Å². The fourth-order valence-corrected chi connectivity index (χ4v) is 3.11. The summed E-state index contributed by atoms with van der Waals surface area (Å²) in [5, 5.41) is 0. The number of benzene rings is 2. The monoisotopic (exact) mass is 309 g/mol. The molecule has 0 bridgehead atoms. The molecule has 0 saturated carbocycles. The van der Waals surface area contributed by atoms with E-state index in [2.05, 4.69) is 0 Å². The van der Waals surface area contributed by atoms with Gasteiger partial charge in [0.25, 0.3) is 0 Å². The third-order valence-electron chi connectivity index (χ3n) is 4.59. The summed E-state index contributed by atoms with van der Waals surface area (Å²) >= 11 is 0. The lowest BCUT2D eigenvalue weighted by Crippen LogP contribution is -2.42. The molecule has 0 spiro atoms. The Bertz CT molecular complexity index is 769. The Kier molecular flexibility index (Phi) is 3.68. The first-order chi connectivity index (χ1) is 11.0. The van der Waals surface area contributed by atoms with E-state index in [9.17, 15) is 9.59 Å². The van der Waals surface area contributed by atoms with E-state index in [0.29, 0.717) is 23.5 Å². The molecule has 0 radical (unpaired) electrons. The van der Waals surface area contributed by atoms with Crippen LogP contribution in [0, 0.1) is 0 Å². The number of ketones is 1. The number of hydrogen-bond donors (Lipinski definition) is 0. The molecular formula is C19H19NO3. The molecule has 0 N–H and O–H groups in total. The Hall–Kier alpha value is -2.62. The van der Waals surface area contributed by atoms with Crippen molar-refractivity contribution in [2.24, 2.45) is 0 Å². The number of methoxy groups -OCH3 is 1. The molecule has 23 heavy (non-hydrogen) atoms. The maximum absolute atomic E-state index is 13.0. The average molecular weight is 309 g/mol. The van der Waals surface area contributed by atoms with Gasteiger partial charge in [-0.05, 0) is 25.5 Å². The summed E-state index contributed by atoms with van der Waals surface area (Å²) in [7, 11) is 1.57. The molecule has 0 aromatic heterocycles. The maximum Gasteiger partial charge on any atom is 0.245 e. The van der Waals surface area contributed by atoms with Crippen molar-refractivity contribution in [2.45, 2.75) is 25.8 Å². The summed E-state index contributed by atoms with van der Waals surface area (Å²) in [6, 6.07) is 15.2. The quantitative estimate of drug-likeness (QED) is 0.815. The second-order valence-electron chi connectivity index (χ2n) is 5.91. The van der Waals surface area contributed by atoms with E-state index in [1.807, 2.05) is 48.5 Å². The lowest BCUT2D eigenvalue weighted by atomic mass is 9.80. The van der Waals surface area contributed by atoms with E-state index in [1.54, 1.807) is 18.9 Å². The molecule has 1 unspecified atom stereocenters. The van der Waals surface area contributed by atoms with Crippen molar-refractivity contribution >= 4 is 17.4 Å². The van der Waals surface area contributed by atoms with Crippen LogP contribution in [0.4, 0.5) is 5.69 Å². The van der Waals surface area contributed by atoms with Gasteiger partial charge >= 0.3 is 0 Å². The summed E-state index contributed by atoms with van der Waals surface area (Å²) in [6.07, 6.45) is 0. The summed E-state index contributed by atoms with van der Waals surface area (Å²) in [5.74, 6) is 0.248. The van der Waals surface area contributed by atoms with Crippen LogP contribution in [0.2, 0.25) is 0 Å². The average Bonchev–Trinajstić information content (AvgIpc) is 2.79. The number of carbonyl (C=O) groups excluding carboxylic acids is 2. The summed E-state index contributed by atoms with van der Waals surface area (Å²) in [5.41, 5.74) is 1.26. The molecule has 1 aliphatic heterocycles. The number of fused-ring (bicyclic) bond motifs is 1. The molecule has 1 amide bonds. The van der Waals surface area contributed by atoms with Crippen LogP contribution in [0.25, 0.3) is 0 Å². The zero-order valence-corrected chi connectivity index (χ0v) is 13.5. The topological polar surface area (TPSA) is 46.6 Å². The molecule has 1 atom stereocenters. The number of amides is 1. The summed E-state index contributed by atoms with van der Waals surface area (Å²) in [4.78, 5) is 27.0. The minimum atomic E-state index is -1.15. The van der Waals surface area contributed by atoms with E-state index in [1.165, 1.54) is 6.92 Å². The van der Waals surface area contributed by atoms with Gasteiger partial charge in [-0.15, -0.1) is 0 Å². The molecular weight excluding hydrogens is 290 g/mol. The fourth-order valence-electron chi connectivity index (χ4n) is 3.11. The summed E-state index contributed by atoms with van der Waals surface area (Å²) < 4.78 is 5.44. The maximum atomic E-state index is 13.0. The molecule has 0 fully saturated rings. The van der Waals surface area contributed by atoms with E-state index >= 15 is 0 Å². The molecule has 4 heteroatoms. The number of carbonyl (C=O) groups is 2. The van der Waals surface area contributed by atoms with Crippen LogP contribution in [0.5, 0.6) is 5.75 Å². The Morgan fingerprint density at radius 1 is 1.13 bits per heavy atom. The second-order valence-corrected chi connectivity index (χ2v) is 5.91. The Balaban J connectivity index is 2.16. The van der Waals surface area contributed by atoms with Gasteiger partial charge in [-0.3, -0.25) is 9.59 Å². The van der Waals surface area contributed by atoms with Crippen LogP contribution in [-0.4, -0.2) is 18.8 Å². The number of Topliss-reactive ketones (excluding diaryl/α,β-unsaturated/α-hetero) is 1. The highest BCUT2D eigenvalue weighted by atomic mass is 16.5. The molecule has 2 aromatic rings. The zero-order valence-electron chi connectivity index (χ0n) is 13.5. The van der Waals surface area contributed by atoms with Gasteiger partial charge in [0.2, 0.25) is 5.91 Å². The van der Waals surface area contributed by atoms with Crippen molar-refractivity contribution in [3.05, 3.63) is 59.7 Å². The fraction of sp³-hybridized carbons (Fsp3) is 0.263. The highest BCUT2D eigenvalue weighted by Gasteiger charge is 2.51. The Morgan fingerprint density at radius 2 is 1.83 bits per heavy atom. The standard InChI is InChI=1S/C19H19NO3/c1-13(21)19(2)15-10-7-11-16(23-3)17(15)20(18(19)22)12-14-8-5-4-6-9-14/h4-11H,12H2,1-3H3. The van der Waals surface area contributed by atoms with Crippen molar-refractivity contribution in [1.82, 2.24) is 0 Å². The lowest BCUT2D eigenvalue weighted by molar-refractivity contribution is -0.132. The normalized spacial score (nSPS) is 19.6. The zero-order chi connectivity index (χ0) is 16.6. The first-order valence-electron chi connectivity index (χ1n) is 7.54. The van der Waals surface area contributed by atoms with E-state index in [4.69, 9.17) is 4.74 Å². The molecule has 2 aromatic carbocycles. The van der Waals surface area contributed by atoms with Crippen molar-refractivity contribution in [2.75, 3.05) is 12.0 Å². The van der Waals surface area contributed by atoms with Crippen LogP contribution in [0.3, 0.4) is 0 Å². The molecule has 0 aliphatic carbocycles.